The molecule has 4 nitrogen and oxygen atoms in total. The number of halogens is 2. The van der Waals surface area contributed by atoms with E-state index in [2.05, 4.69) is 21.2 Å². The second-order valence-corrected chi connectivity index (χ2v) is 4.99. The van der Waals surface area contributed by atoms with Crippen molar-refractivity contribution in [1.29, 1.82) is 0 Å². The molecule has 1 rings (SSSR count). The van der Waals surface area contributed by atoms with Gasteiger partial charge in [-0.05, 0) is 31.5 Å². The van der Waals surface area contributed by atoms with Crippen LogP contribution < -0.4 is 5.32 Å². The van der Waals surface area contributed by atoms with Crippen LogP contribution in [-0.2, 0) is 9.53 Å². The Balaban J connectivity index is 2.54. The summed E-state index contributed by atoms with van der Waals surface area (Å²) in [5.74, 6) is -1.95. The molecule has 0 heterocycles. The molecule has 1 aromatic rings. The fraction of sp³-hybridized carbons (Fsp3) is 0.385. The highest BCUT2D eigenvalue weighted by molar-refractivity contribution is 9.10. The summed E-state index contributed by atoms with van der Waals surface area (Å²) in [6, 6.07) is 4.00. The van der Waals surface area contributed by atoms with Crippen LogP contribution >= 0.6 is 15.9 Å². The molecule has 0 spiro atoms. The molecule has 0 aliphatic heterocycles. The third-order valence-electron chi connectivity index (χ3n) is 2.51. The lowest BCUT2D eigenvalue weighted by Crippen LogP contribution is -2.35. The van der Waals surface area contributed by atoms with Crippen LogP contribution in [0, 0.1) is 5.82 Å². The van der Waals surface area contributed by atoms with Crippen molar-refractivity contribution in [3.8, 4) is 0 Å². The van der Waals surface area contributed by atoms with E-state index < -0.39 is 24.3 Å². The van der Waals surface area contributed by atoms with Crippen molar-refractivity contribution < 1.29 is 18.7 Å². The summed E-state index contributed by atoms with van der Waals surface area (Å²) in [5.41, 5.74) is -0.195. The van der Waals surface area contributed by atoms with Crippen LogP contribution in [-0.4, -0.2) is 24.5 Å². The molecule has 0 aromatic heterocycles. The number of ether oxygens (including phenoxy) is 1. The summed E-state index contributed by atoms with van der Waals surface area (Å²) in [6.07, 6.45) is 0.779. The van der Waals surface area contributed by atoms with Crippen molar-refractivity contribution in [2.24, 2.45) is 0 Å². The van der Waals surface area contributed by atoms with Gasteiger partial charge in [0.25, 0.3) is 5.91 Å². The van der Waals surface area contributed by atoms with E-state index in [0.717, 1.165) is 12.5 Å². The van der Waals surface area contributed by atoms with E-state index in [1.165, 1.54) is 12.1 Å². The lowest BCUT2D eigenvalue weighted by molar-refractivity contribution is -0.124. The van der Waals surface area contributed by atoms with Gasteiger partial charge in [-0.15, -0.1) is 0 Å². The predicted octanol–water partition coefficient (Wildman–Crippen LogP) is 2.66. The van der Waals surface area contributed by atoms with Crippen molar-refractivity contribution in [1.82, 2.24) is 5.32 Å². The number of carbonyl (C=O) groups is 2. The van der Waals surface area contributed by atoms with Gasteiger partial charge in [0.05, 0.1) is 5.56 Å². The van der Waals surface area contributed by atoms with E-state index in [1.807, 2.05) is 13.8 Å². The van der Waals surface area contributed by atoms with Crippen LogP contribution in [0.5, 0.6) is 0 Å². The van der Waals surface area contributed by atoms with Crippen LogP contribution in [0.15, 0.2) is 22.7 Å². The van der Waals surface area contributed by atoms with Gasteiger partial charge in [0.2, 0.25) is 0 Å². The molecule has 0 saturated heterocycles. The third kappa shape index (κ3) is 4.98. The van der Waals surface area contributed by atoms with Crippen LogP contribution in [0.1, 0.15) is 30.6 Å². The van der Waals surface area contributed by atoms with Gasteiger partial charge in [0.15, 0.2) is 6.61 Å². The highest BCUT2D eigenvalue weighted by Gasteiger charge is 2.15. The molecule has 0 unspecified atom stereocenters. The first-order valence-corrected chi connectivity index (χ1v) is 6.64. The van der Waals surface area contributed by atoms with Crippen LogP contribution in [0.25, 0.3) is 0 Å². The van der Waals surface area contributed by atoms with E-state index in [-0.39, 0.29) is 11.6 Å². The van der Waals surface area contributed by atoms with Crippen LogP contribution in [0.4, 0.5) is 4.39 Å². The molecule has 1 atom stereocenters. The maximum absolute atomic E-state index is 13.5. The van der Waals surface area contributed by atoms with Gasteiger partial charge < -0.3 is 10.1 Å². The van der Waals surface area contributed by atoms with E-state index in [0.29, 0.717) is 4.47 Å². The second-order valence-electron chi connectivity index (χ2n) is 4.08. The molecule has 19 heavy (non-hydrogen) atoms. The maximum atomic E-state index is 13.5. The molecular weight excluding hydrogens is 317 g/mol. The van der Waals surface area contributed by atoms with E-state index in [1.54, 1.807) is 0 Å². The molecule has 1 amide bonds. The first-order chi connectivity index (χ1) is 8.93. The Labute approximate surface area is 119 Å². The van der Waals surface area contributed by atoms with Gasteiger partial charge in [0, 0.05) is 10.5 Å². The Kier molecular flexibility index (Phi) is 5.95. The van der Waals surface area contributed by atoms with Crippen molar-refractivity contribution in [3.63, 3.8) is 0 Å². The lowest BCUT2D eigenvalue weighted by Gasteiger charge is -2.11. The molecular formula is C13H15BrFNO3. The summed E-state index contributed by atoms with van der Waals surface area (Å²) < 4.78 is 18.7. The van der Waals surface area contributed by atoms with Gasteiger partial charge in [-0.1, -0.05) is 22.9 Å². The minimum Gasteiger partial charge on any atom is -0.452 e. The Bertz CT molecular complexity index is 479. The highest BCUT2D eigenvalue weighted by Crippen LogP contribution is 2.15. The number of hydrogen-bond acceptors (Lipinski definition) is 3. The fourth-order valence-corrected chi connectivity index (χ4v) is 1.62. The number of benzene rings is 1. The standard InChI is InChI=1S/C13H15BrFNO3/c1-3-8(2)16-12(17)7-19-13(18)10-5-4-9(14)6-11(10)15/h4-6,8H,3,7H2,1-2H3,(H,16,17)/t8-/m1/s1. The minimum absolute atomic E-state index is 0.00983. The first kappa shape index (κ1) is 15.6. The van der Waals surface area contributed by atoms with Gasteiger partial charge in [0.1, 0.15) is 5.82 Å². The van der Waals surface area contributed by atoms with E-state index >= 15 is 0 Å². The molecule has 1 N–H and O–H groups in total. The largest absolute Gasteiger partial charge is 0.452 e. The Morgan fingerprint density at radius 2 is 2.16 bits per heavy atom. The normalized spacial score (nSPS) is 11.8. The molecule has 0 radical (unpaired) electrons. The summed E-state index contributed by atoms with van der Waals surface area (Å²) >= 11 is 3.09. The second kappa shape index (κ2) is 7.23. The summed E-state index contributed by atoms with van der Waals surface area (Å²) in [4.78, 5) is 23.0. The van der Waals surface area contributed by atoms with Crippen molar-refractivity contribution in [3.05, 3.63) is 34.1 Å². The summed E-state index contributed by atoms with van der Waals surface area (Å²) in [7, 11) is 0. The van der Waals surface area contributed by atoms with Crippen molar-refractivity contribution >= 4 is 27.8 Å². The molecule has 6 heteroatoms. The van der Waals surface area contributed by atoms with Crippen molar-refractivity contribution in [2.45, 2.75) is 26.3 Å². The average molecular weight is 332 g/mol. The number of nitrogens with one attached hydrogen (secondary N) is 1. The fourth-order valence-electron chi connectivity index (χ4n) is 1.28. The highest BCUT2D eigenvalue weighted by atomic mass is 79.9. The van der Waals surface area contributed by atoms with Crippen molar-refractivity contribution in [2.75, 3.05) is 6.61 Å². The van der Waals surface area contributed by atoms with E-state index in [4.69, 9.17) is 4.74 Å². The van der Waals surface area contributed by atoms with Gasteiger partial charge in [-0.2, -0.15) is 0 Å². The first-order valence-electron chi connectivity index (χ1n) is 5.85. The molecule has 104 valence electrons. The maximum Gasteiger partial charge on any atom is 0.341 e. The monoisotopic (exact) mass is 331 g/mol. The Morgan fingerprint density at radius 3 is 2.74 bits per heavy atom. The zero-order valence-electron chi connectivity index (χ0n) is 10.7. The Morgan fingerprint density at radius 1 is 1.47 bits per heavy atom. The zero-order valence-corrected chi connectivity index (χ0v) is 12.3. The topological polar surface area (TPSA) is 55.4 Å². The zero-order chi connectivity index (χ0) is 14.4. The van der Waals surface area contributed by atoms with Crippen LogP contribution in [0.3, 0.4) is 0 Å². The average Bonchev–Trinajstić information content (AvgIpc) is 2.35. The number of carbonyl (C=O) groups excluding carboxylic acids is 2. The lowest BCUT2D eigenvalue weighted by atomic mass is 10.2. The molecule has 0 aliphatic carbocycles. The molecule has 1 aromatic carbocycles. The van der Waals surface area contributed by atoms with Crippen LogP contribution in [0.2, 0.25) is 0 Å². The molecule has 0 saturated carbocycles. The minimum atomic E-state index is -0.857. The number of rotatable bonds is 5. The van der Waals surface area contributed by atoms with Gasteiger partial charge in [-0.3, -0.25) is 4.79 Å². The number of amides is 1. The van der Waals surface area contributed by atoms with E-state index in [9.17, 15) is 14.0 Å². The SMILES string of the molecule is CC[C@@H](C)NC(=O)COC(=O)c1ccc(Br)cc1F. The third-order valence-corrected chi connectivity index (χ3v) is 3.00. The molecule has 0 bridgehead atoms. The summed E-state index contributed by atoms with van der Waals surface area (Å²) in [5, 5.41) is 2.64. The predicted molar refractivity (Wildman–Crippen MR) is 72.3 cm³/mol. The Hall–Kier alpha value is -1.43. The molecule has 0 aliphatic rings. The van der Waals surface area contributed by atoms with Gasteiger partial charge >= 0.3 is 5.97 Å². The quantitative estimate of drug-likeness (QED) is 0.844. The summed E-state index contributed by atoms with van der Waals surface area (Å²) in [6.45, 7) is 3.35. The number of hydrogen-bond donors (Lipinski definition) is 1. The molecule has 0 fully saturated rings. The number of esters is 1. The van der Waals surface area contributed by atoms with Gasteiger partial charge in [-0.25, -0.2) is 9.18 Å². The smallest absolute Gasteiger partial charge is 0.341 e.